The van der Waals surface area contributed by atoms with Gasteiger partial charge in [0.25, 0.3) is 0 Å². The predicted molar refractivity (Wildman–Crippen MR) is 202 cm³/mol. The zero-order chi connectivity index (χ0) is 36.8. The van der Waals surface area contributed by atoms with Crippen molar-refractivity contribution in [2.45, 2.75) is 59.4 Å². The van der Waals surface area contributed by atoms with Gasteiger partial charge in [-0.05, 0) is 80.1 Å². The van der Waals surface area contributed by atoms with Crippen LogP contribution in [0.5, 0.6) is 11.5 Å². The Morgan fingerprint density at radius 2 is 1.73 bits per heavy atom. The number of fused-ring (bicyclic) bond motifs is 3. The summed E-state index contributed by atoms with van der Waals surface area (Å²) >= 11 is 7.89. The number of nitrogens with one attached hydrogen (secondary N) is 2. The number of hydrogen-bond donors (Lipinski definition) is 4. The Morgan fingerprint density at radius 3 is 2.44 bits per heavy atom. The number of phenols is 2. The Bertz CT molecular complexity index is 2400. The number of aromatic hydroxyl groups is 2. The number of aromatic amines is 1. The van der Waals surface area contributed by atoms with E-state index in [9.17, 15) is 19.8 Å². The molecule has 0 saturated carbocycles. The lowest BCUT2D eigenvalue weighted by molar-refractivity contribution is -0.121. The van der Waals surface area contributed by atoms with Crippen molar-refractivity contribution in [3.63, 3.8) is 0 Å². The average Bonchev–Trinajstić information content (AvgIpc) is 3.74. The number of phenolic OH excluding ortho intramolecular Hbond substituents is 2. The Morgan fingerprint density at radius 1 is 1.00 bits per heavy atom. The van der Waals surface area contributed by atoms with Gasteiger partial charge >= 0.3 is 5.69 Å². The molecular weight excluding hydrogens is 700 g/mol. The Hall–Kier alpha value is -5.53. The van der Waals surface area contributed by atoms with Crippen LogP contribution in [-0.4, -0.2) is 57.9 Å². The lowest BCUT2D eigenvalue weighted by atomic mass is 9.98. The van der Waals surface area contributed by atoms with Gasteiger partial charge in [0.05, 0.1) is 23.4 Å². The second kappa shape index (κ2) is 13.9. The fraction of sp³-hybridized carbons (Fsp3) is 0.263. The van der Waals surface area contributed by atoms with Crippen LogP contribution in [0.15, 0.2) is 70.5 Å². The summed E-state index contributed by atoms with van der Waals surface area (Å²) in [5, 5.41) is 41.1. The summed E-state index contributed by atoms with van der Waals surface area (Å²) in [6.07, 6.45) is 0.626. The number of thiophene rings is 1. The summed E-state index contributed by atoms with van der Waals surface area (Å²) in [6, 6.07) is 17.2. The summed E-state index contributed by atoms with van der Waals surface area (Å²) in [5.74, 6) is 1.15. The number of H-pyrrole nitrogens is 1. The van der Waals surface area contributed by atoms with E-state index >= 15 is 0 Å². The first kappa shape index (κ1) is 34.9. The number of nitrogens with zero attached hydrogens (tertiary/aromatic N) is 6. The summed E-state index contributed by atoms with van der Waals surface area (Å²) < 4.78 is 3.39. The van der Waals surface area contributed by atoms with Gasteiger partial charge in [-0.25, -0.2) is 14.5 Å². The van der Waals surface area contributed by atoms with Crippen molar-refractivity contribution in [2.24, 2.45) is 4.99 Å². The smallest absolute Gasteiger partial charge is 0.348 e. The van der Waals surface area contributed by atoms with Crippen LogP contribution in [0.2, 0.25) is 5.02 Å². The van der Waals surface area contributed by atoms with Crippen LogP contribution in [0.4, 0.5) is 0 Å². The predicted octanol–water partition coefficient (Wildman–Crippen LogP) is 6.62. The summed E-state index contributed by atoms with van der Waals surface area (Å²) in [7, 11) is 0. The number of rotatable bonds is 9. The minimum atomic E-state index is -0.572. The van der Waals surface area contributed by atoms with Crippen molar-refractivity contribution >= 4 is 34.6 Å². The number of aromatic nitrogens is 6. The Kier molecular flexibility index (Phi) is 9.32. The highest BCUT2D eigenvalue weighted by atomic mass is 35.5. The maximum absolute atomic E-state index is 13.4. The number of halogens is 1. The van der Waals surface area contributed by atoms with Gasteiger partial charge in [-0.3, -0.25) is 14.4 Å². The first-order valence-corrected chi connectivity index (χ1v) is 18.1. The molecule has 52 heavy (non-hydrogen) atoms. The zero-order valence-corrected chi connectivity index (χ0v) is 30.8. The molecule has 0 aliphatic carbocycles. The van der Waals surface area contributed by atoms with E-state index in [1.165, 1.54) is 15.5 Å². The quantitative estimate of drug-likeness (QED) is 0.130. The molecule has 0 spiro atoms. The molecule has 1 aliphatic heterocycles. The monoisotopic (exact) mass is 736 g/mol. The number of amides is 1. The largest absolute Gasteiger partial charge is 0.508 e. The molecule has 7 rings (SSSR count). The number of hydrogen-bond acceptors (Lipinski definition) is 9. The third-order valence-electron chi connectivity index (χ3n) is 9.35. The van der Waals surface area contributed by atoms with Gasteiger partial charge in [0, 0.05) is 33.6 Å². The van der Waals surface area contributed by atoms with E-state index in [1.54, 1.807) is 29.5 Å². The molecule has 0 bridgehead atoms. The van der Waals surface area contributed by atoms with Gasteiger partial charge in [-0.15, -0.1) is 21.5 Å². The highest BCUT2D eigenvalue weighted by Crippen LogP contribution is 2.40. The van der Waals surface area contributed by atoms with Gasteiger partial charge in [-0.1, -0.05) is 49.7 Å². The summed E-state index contributed by atoms with van der Waals surface area (Å²) in [5.41, 5.74) is 5.78. The molecular formula is C38H37ClN8O4S. The maximum atomic E-state index is 13.4. The second-order valence-corrected chi connectivity index (χ2v) is 14.8. The van der Waals surface area contributed by atoms with E-state index in [0.717, 1.165) is 38.8 Å². The van der Waals surface area contributed by atoms with Gasteiger partial charge in [-0.2, -0.15) is 5.10 Å². The van der Waals surface area contributed by atoms with Crippen molar-refractivity contribution in [1.29, 1.82) is 0 Å². The molecule has 4 heterocycles. The topological polar surface area (TPSA) is 163 Å². The Labute approximate surface area is 308 Å². The number of aryl methyl sites for hydroxylation is 2. The normalized spacial score (nSPS) is 13.8. The van der Waals surface area contributed by atoms with E-state index in [0.29, 0.717) is 40.6 Å². The van der Waals surface area contributed by atoms with Crippen LogP contribution < -0.4 is 11.0 Å². The summed E-state index contributed by atoms with van der Waals surface area (Å²) in [4.78, 5) is 32.6. The standard InChI is InChI=1S/C38H37ClN8O4S/c1-19(2)27-16-28(31(49)18-30(27)48)35-43-45-38(51)47(35)26-12-6-23(7-13-26)14-15-40-32(50)17-29-36-44-42-22(5)46(36)37-33(20(3)21(4)52-37)34(41-29)24-8-10-25(39)11-9-24/h6-13,16,18-19,29,48-49H,14-15,17H2,1-5H3,(H,40,50)(H,45,51)/t29-/m0/s1. The van der Waals surface area contributed by atoms with Crippen LogP contribution in [0.1, 0.15) is 76.6 Å². The minimum absolute atomic E-state index is 0.0165. The first-order chi connectivity index (χ1) is 24.9. The molecule has 4 N–H and O–H groups in total. The van der Waals surface area contributed by atoms with Gasteiger partial charge in [0.2, 0.25) is 5.91 Å². The molecule has 1 atom stereocenters. The minimum Gasteiger partial charge on any atom is -0.508 e. The fourth-order valence-corrected chi connectivity index (χ4v) is 7.83. The molecule has 0 unspecified atom stereocenters. The number of carbonyl (C=O) groups excluding carboxylic acids is 1. The van der Waals surface area contributed by atoms with Crippen LogP contribution in [0.3, 0.4) is 0 Å². The Balaban J connectivity index is 1.08. The zero-order valence-electron chi connectivity index (χ0n) is 29.2. The molecule has 3 aromatic carbocycles. The highest BCUT2D eigenvalue weighted by molar-refractivity contribution is 7.15. The van der Waals surface area contributed by atoms with Crippen LogP contribution in [-0.2, 0) is 11.2 Å². The molecule has 1 aliphatic rings. The molecule has 12 nitrogen and oxygen atoms in total. The van der Waals surface area contributed by atoms with Crippen molar-refractivity contribution in [1.82, 2.24) is 34.8 Å². The van der Waals surface area contributed by atoms with Crippen molar-refractivity contribution < 1.29 is 15.0 Å². The van der Waals surface area contributed by atoms with E-state index in [1.807, 2.05) is 61.7 Å². The second-order valence-electron chi connectivity index (χ2n) is 13.1. The lowest BCUT2D eigenvalue weighted by Crippen LogP contribution is -2.27. The van der Waals surface area contributed by atoms with Crippen LogP contribution in [0, 0.1) is 20.8 Å². The first-order valence-electron chi connectivity index (χ1n) is 16.9. The molecule has 14 heteroatoms. The lowest BCUT2D eigenvalue weighted by Gasteiger charge is -2.14. The highest BCUT2D eigenvalue weighted by Gasteiger charge is 2.32. The van der Waals surface area contributed by atoms with E-state index in [4.69, 9.17) is 16.6 Å². The number of carbonyl (C=O) groups is 1. The van der Waals surface area contributed by atoms with Crippen LogP contribution in [0.25, 0.3) is 22.1 Å². The van der Waals surface area contributed by atoms with E-state index < -0.39 is 11.7 Å². The van der Waals surface area contributed by atoms with Gasteiger partial charge in [0.15, 0.2) is 11.6 Å². The number of aliphatic imine (C=N–C) groups is 1. The molecule has 1 amide bonds. The maximum Gasteiger partial charge on any atom is 0.348 e. The van der Waals surface area contributed by atoms with E-state index in [2.05, 4.69) is 39.6 Å². The molecule has 0 fully saturated rings. The molecule has 0 saturated heterocycles. The van der Waals surface area contributed by atoms with E-state index in [-0.39, 0.29) is 35.6 Å². The SMILES string of the molecule is Cc1sc2c(c1C)C(c1ccc(Cl)cc1)=N[C@@H](CC(=O)NCCc1ccc(-n3c(-c4cc(C(C)C)c(O)cc4O)n[nH]c3=O)cc1)c1nnc(C)n1-2. The van der Waals surface area contributed by atoms with Crippen molar-refractivity contribution in [2.75, 3.05) is 6.54 Å². The fourth-order valence-electron chi connectivity index (χ4n) is 6.49. The van der Waals surface area contributed by atoms with Crippen molar-refractivity contribution in [3.05, 3.63) is 121 Å². The van der Waals surface area contributed by atoms with Gasteiger partial charge < -0.3 is 15.5 Å². The molecule has 6 aromatic rings. The third kappa shape index (κ3) is 6.41. The third-order valence-corrected chi connectivity index (χ3v) is 10.8. The average molecular weight is 737 g/mol. The summed E-state index contributed by atoms with van der Waals surface area (Å²) in [6.45, 7) is 10.3. The molecule has 0 radical (unpaired) electrons. The number of benzene rings is 3. The van der Waals surface area contributed by atoms with Gasteiger partial charge in [0.1, 0.15) is 28.4 Å². The van der Waals surface area contributed by atoms with Crippen LogP contribution >= 0.6 is 22.9 Å². The molecule has 3 aromatic heterocycles. The van der Waals surface area contributed by atoms with Crippen molar-refractivity contribution in [3.8, 4) is 33.6 Å². The molecule has 266 valence electrons.